The number of anilines is 1. The number of hydrogen-bond donors (Lipinski definition) is 2. The molecule has 0 aliphatic heterocycles. The van der Waals surface area contributed by atoms with E-state index in [1.807, 2.05) is 18.2 Å². The van der Waals surface area contributed by atoms with E-state index in [4.69, 9.17) is 6.42 Å². The summed E-state index contributed by atoms with van der Waals surface area (Å²) in [4.78, 5) is 11.5. The average Bonchev–Trinajstić information content (AvgIpc) is 3.10. The van der Waals surface area contributed by atoms with Gasteiger partial charge in [-0.05, 0) is 37.0 Å². The van der Waals surface area contributed by atoms with Crippen molar-refractivity contribution in [1.82, 2.24) is 5.32 Å². The molecule has 0 radical (unpaired) electrons. The third kappa shape index (κ3) is 3.03. The van der Waals surface area contributed by atoms with Gasteiger partial charge in [-0.1, -0.05) is 12.0 Å². The number of amides is 2. The smallest absolute Gasteiger partial charge is 0.319 e. The van der Waals surface area contributed by atoms with Crippen LogP contribution in [0.1, 0.15) is 18.4 Å². The summed E-state index contributed by atoms with van der Waals surface area (Å²) in [5, 5.41) is 5.58. The Bertz CT molecular complexity index is 430. The van der Waals surface area contributed by atoms with E-state index in [1.165, 1.54) is 12.8 Å². The van der Waals surface area contributed by atoms with Crippen molar-refractivity contribution in [3.8, 4) is 12.3 Å². The van der Waals surface area contributed by atoms with Crippen LogP contribution in [0, 0.1) is 18.3 Å². The molecule has 2 N–H and O–H groups in total. The molecule has 1 aliphatic carbocycles. The van der Waals surface area contributed by atoms with E-state index in [-0.39, 0.29) is 6.03 Å². The Morgan fingerprint density at radius 1 is 1.50 bits per heavy atom. The first-order chi connectivity index (χ1) is 7.78. The number of terminal acetylenes is 1. The molecule has 1 aromatic carbocycles. The summed E-state index contributed by atoms with van der Waals surface area (Å²) >= 11 is 0. The van der Waals surface area contributed by atoms with E-state index in [9.17, 15) is 4.79 Å². The van der Waals surface area contributed by atoms with E-state index < -0.39 is 0 Å². The van der Waals surface area contributed by atoms with Crippen LogP contribution in [0.5, 0.6) is 0 Å². The summed E-state index contributed by atoms with van der Waals surface area (Å²) < 4.78 is 0. The average molecular weight is 214 g/mol. The zero-order valence-electron chi connectivity index (χ0n) is 8.99. The summed E-state index contributed by atoms with van der Waals surface area (Å²) in [5.41, 5.74) is 1.49. The predicted octanol–water partition coefficient (Wildman–Crippen LogP) is 2.20. The minimum Gasteiger partial charge on any atom is -0.338 e. The third-order valence-electron chi connectivity index (χ3n) is 2.54. The fourth-order valence-corrected chi connectivity index (χ4v) is 1.42. The summed E-state index contributed by atoms with van der Waals surface area (Å²) in [6.07, 6.45) is 7.74. The lowest BCUT2D eigenvalue weighted by molar-refractivity contribution is 0.251. The second kappa shape index (κ2) is 4.71. The monoisotopic (exact) mass is 214 g/mol. The van der Waals surface area contributed by atoms with Crippen LogP contribution in [0.2, 0.25) is 0 Å². The fraction of sp³-hybridized carbons (Fsp3) is 0.308. The summed E-state index contributed by atoms with van der Waals surface area (Å²) in [5.74, 6) is 3.21. The lowest BCUT2D eigenvalue weighted by atomic mass is 10.2. The Morgan fingerprint density at radius 2 is 2.31 bits per heavy atom. The van der Waals surface area contributed by atoms with Gasteiger partial charge in [0.1, 0.15) is 0 Å². The number of nitrogens with one attached hydrogen (secondary N) is 2. The van der Waals surface area contributed by atoms with Gasteiger partial charge in [-0.15, -0.1) is 6.42 Å². The summed E-state index contributed by atoms with van der Waals surface area (Å²) in [7, 11) is 0. The second-order valence-electron chi connectivity index (χ2n) is 4.00. The topological polar surface area (TPSA) is 41.1 Å². The normalized spacial score (nSPS) is 13.9. The van der Waals surface area contributed by atoms with Crippen LogP contribution < -0.4 is 10.6 Å². The molecule has 3 heteroatoms. The van der Waals surface area contributed by atoms with E-state index in [1.54, 1.807) is 6.07 Å². The van der Waals surface area contributed by atoms with Gasteiger partial charge in [0.05, 0.1) is 0 Å². The van der Waals surface area contributed by atoms with Gasteiger partial charge in [-0.3, -0.25) is 0 Å². The molecule has 2 rings (SSSR count). The molecule has 1 saturated carbocycles. The highest BCUT2D eigenvalue weighted by Crippen LogP contribution is 2.27. The molecule has 0 atom stereocenters. The van der Waals surface area contributed by atoms with E-state index >= 15 is 0 Å². The molecule has 0 bridgehead atoms. The number of benzene rings is 1. The van der Waals surface area contributed by atoms with E-state index in [0.717, 1.165) is 17.8 Å². The van der Waals surface area contributed by atoms with Gasteiger partial charge in [0, 0.05) is 17.8 Å². The van der Waals surface area contributed by atoms with Crippen LogP contribution in [-0.4, -0.2) is 12.6 Å². The number of rotatable bonds is 3. The molecule has 3 nitrogen and oxygen atoms in total. The number of hydrogen-bond acceptors (Lipinski definition) is 1. The Hall–Kier alpha value is -1.95. The highest BCUT2D eigenvalue weighted by atomic mass is 16.2. The van der Waals surface area contributed by atoms with Crippen molar-refractivity contribution in [1.29, 1.82) is 0 Å². The largest absolute Gasteiger partial charge is 0.338 e. The van der Waals surface area contributed by atoms with Crippen molar-refractivity contribution >= 4 is 11.7 Å². The first-order valence-corrected chi connectivity index (χ1v) is 5.39. The van der Waals surface area contributed by atoms with Gasteiger partial charge >= 0.3 is 6.03 Å². The molecule has 0 unspecified atom stereocenters. The van der Waals surface area contributed by atoms with Crippen LogP contribution in [0.3, 0.4) is 0 Å². The van der Waals surface area contributed by atoms with Gasteiger partial charge in [0.15, 0.2) is 0 Å². The van der Waals surface area contributed by atoms with Gasteiger partial charge in [-0.2, -0.15) is 0 Å². The molecular formula is C13H14N2O. The van der Waals surface area contributed by atoms with Crippen LogP contribution in [0.4, 0.5) is 10.5 Å². The molecule has 0 saturated heterocycles. The minimum absolute atomic E-state index is 0.166. The maximum atomic E-state index is 11.5. The molecule has 1 fully saturated rings. The van der Waals surface area contributed by atoms with Crippen LogP contribution >= 0.6 is 0 Å². The first kappa shape index (κ1) is 10.6. The molecule has 0 spiro atoms. The van der Waals surface area contributed by atoms with Crippen molar-refractivity contribution in [3.05, 3.63) is 29.8 Å². The van der Waals surface area contributed by atoms with Gasteiger partial charge in [0.25, 0.3) is 0 Å². The second-order valence-corrected chi connectivity index (χ2v) is 4.00. The minimum atomic E-state index is -0.166. The molecule has 0 aromatic heterocycles. The quantitative estimate of drug-likeness (QED) is 0.744. The van der Waals surface area contributed by atoms with Gasteiger partial charge in [0.2, 0.25) is 0 Å². The SMILES string of the molecule is C#Cc1cccc(NC(=O)NCC2CC2)c1. The van der Waals surface area contributed by atoms with Crippen molar-refractivity contribution in [2.75, 3.05) is 11.9 Å². The number of urea groups is 1. The highest BCUT2D eigenvalue weighted by Gasteiger charge is 2.21. The van der Waals surface area contributed by atoms with E-state index in [2.05, 4.69) is 16.6 Å². The third-order valence-corrected chi connectivity index (χ3v) is 2.54. The first-order valence-electron chi connectivity index (χ1n) is 5.39. The van der Waals surface area contributed by atoms with Crippen molar-refractivity contribution in [2.45, 2.75) is 12.8 Å². The molecule has 1 aromatic rings. The predicted molar refractivity (Wildman–Crippen MR) is 64.1 cm³/mol. The zero-order valence-corrected chi connectivity index (χ0v) is 8.99. The van der Waals surface area contributed by atoms with Crippen molar-refractivity contribution in [3.63, 3.8) is 0 Å². The Kier molecular flexibility index (Phi) is 3.11. The van der Waals surface area contributed by atoms with Crippen LogP contribution in [-0.2, 0) is 0 Å². The summed E-state index contributed by atoms with van der Waals surface area (Å²) in [6, 6.07) is 7.08. The lowest BCUT2D eigenvalue weighted by Gasteiger charge is -2.07. The molecule has 16 heavy (non-hydrogen) atoms. The maximum Gasteiger partial charge on any atom is 0.319 e. The molecule has 1 aliphatic rings. The summed E-state index contributed by atoms with van der Waals surface area (Å²) in [6.45, 7) is 0.765. The molecule has 0 heterocycles. The molecule has 2 amide bonds. The lowest BCUT2D eigenvalue weighted by Crippen LogP contribution is -2.30. The Morgan fingerprint density at radius 3 is 3.00 bits per heavy atom. The van der Waals surface area contributed by atoms with Crippen LogP contribution in [0.15, 0.2) is 24.3 Å². The van der Waals surface area contributed by atoms with Gasteiger partial charge in [-0.25, -0.2) is 4.79 Å². The van der Waals surface area contributed by atoms with Crippen molar-refractivity contribution < 1.29 is 4.79 Å². The zero-order chi connectivity index (χ0) is 11.4. The number of carbonyl (C=O) groups is 1. The Balaban J connectivity index is 1.86. The standard InChI is InChI=1S/C13H14N2O/c1-2-10-4-3-5-12(8-10)15-13(16)14-9-11-6-7-11/h1,3-5,8,11H,6-7,9H2,(H2,14,15,16). The van der Waals surface area contributed by atoms with Gasteiger partial charge < -0.3 is 10.6 Å². The van der Waals surface area contributed by atoms with Crippen molar-refractivity contribution in [2.24, 2.45) is 5.92 Å². The molecule has 82 valence electrons. The highest BCUT2D eigenvalue weighted by molar-refractivity contribution is 5.89. The van der Waals surface area contributed by atoms with Crippen LogP contribution in [0.25, 0.3) is 0 Å². The maximum absolute atomic E-state index is 11.5. The Labute approximate surface area is 95.2 Å². The fourth-order valence-electron chi connectivity index (χ4n) is 1.42. The number of carbonyl (C=O) groups excluding carboxylic acids is 1. The van der Waals surface area contributed by atoms with E-state index in [0.29, 0.717) is 5.92 Å². The molecular weight excluding hydrogens is 200 g/mol.